The lowest BCUT2D eigenvalue weighted by atomic mass is 9.77. The summed E-state index contributed by atoms with van der Waals surface area (Å²) in [5.74, 6) is 0. The van der Waals surface area contributed by atoms with Crippen molar-refractivity contribution < 1.29 is 0 Å². The summed E-state index contributed by atoms with van der Waals surface area (Å²) in [6.07, 6.45) is 0.779. The number of benzene rings is 9. The van der Waals surface area contributed by atoms with Crippen LogP contribution in [0.2, 0.25) is 0 Å². The van der Waals surface area contributed by atoms with Gasteiger partial charge in [-0.2, -0.15) is 0 Å². The third-order valence-electron chi connectivity index (χ3n) is 14.6. The van der Waals surface area contributed by atoms with E-state index in [4.69, 9.17) is 0 Å². The second-order valence-corrected chi connectivity index (χ2v) is 21.5. The highest BCUT2D eigenvalue weighted by Crippen LogP contribution is 2.60. The largest absolute Gasteiger partial charge is 0.355 e. The standard InChI is InChI=1S/C66H60N2/c1-64(2,3)49-30-33-51(34-31-49)67-59-36-29-46(43-20-12-9-13-21-43)38-56(59)55-40-48(44-22-14-10-15-23-44)41-61-57(55)39-47-28-35-53-52-26-18-19-27-58(52)66(7,8)62(53)63(47)68(61)60-37-32-50(65(4,5)6)42-54(60)45-24-16-11-17-25-45/h9-38,40-42,67H,39H2,1-8H3. The smallest absolute Gasteiger partial charge is 0.0544 e. The molecule has 0 saturated heterocycles. The quantitative estimate of drug-likeness (QED) is 0.172. The van der Waals surface area contributed by atoms with Crippen LogP contribution in [-0.2, 0) is 22.7 Å². The third kappa shape index (κ3) is 7.53. The molecule has 0 saturated carbocycles. The molecule has 0 atom stereocenters. The van der Waals surface area contributed by atoms with Gasteiger partial charge in [0, 0.05) is 34.3 Å². The molecule has 1 N–H and O–H groups in total. The van der Waals surface area contributed by atoms with Crippen LogP contribution in [0.5, 0.6) is 0 Å². The first-order chi connectivity index (χ1) is 32.7. The van der Waals surface area contributed by atoms with Crippen molar-refractivity contribution in [2.45, 2.75) is 78.1 Å². The first-order valence-electron chi connectivity index (χ1n) is 24.3. The Morgan fingerprint density at radius 2 is 1.01 bits per heavy atom. The average molecular weight is 881 g/mol. The minimum atomic E-state index is -0.241. The maximum absolute atomic E-state index is 3.95. The van der Waals surface area contributed by atoms with Gasteiger partial charge in [0.05, 0.1) is 17.1 Å². The van der Waals surface area contributed by atoms with E-state index in [0.717, 1.165) is 17.8 Å². The van der Waals surface area contributed by atoms with Crippen molar-refractivity contribution >= 4 is 28.4 Å². The molecule has 0 unspecified atom stereocenters. The zero-order valence-corrected chi connectivity index (χ0v) is 40.7. The maximum Gasteiger partial charge on any atom is 0.0544 e. The van der Waals surface area contributed by atoms with E-state index in [-0.39, 0.29) is 16.2 Å². The van der Waals surface area contributed by atoms with Gasteiger partial charge in [0.25, 0.3) is 0 Å². The van der Waals surface area contributed by atoms with Crippen LogP contribution in [0.3, 0.4) is 0 Å². The molecule has 2 heteroatoms. The fourth-order valence-corrected chi connectivity index (χ4v) is 10.9. The van der Waals surface area contributed by atoms with Crippen LogP contribution in [-0.4, -0.2) is 0 Å². The molecule has 0 aromatic heterocycles. The van der Waals surface area contributed by atoms with Gasteiger partial charge in [-0.15, -0.1) is 0 Å². The minimum absolute atomic E-state index is 0.0431. The van der Waals surface area contributed by atoms with E-state index >= 15 is 0 Å². The molecule has 11 rings (SSSR count). The number of nitrogens with one attached hydrogen (secondary N) is 1. The molecule has 1 aliphatic carbocycles. The lowest BCUT2D eigenvalue weighted by molar-refractivity contribution is 0.590. The number of anilines is 5. The lowest BCUT2D eigenvalue weighted by Gasteiger charge is -2.40. The molecule has 1 heterocycles. The monoisotopic (exact) mass is 880 g/mol. The molecule has 2 nitrogen and oxygen atoms in total. The van der Waals surface area contributed by atoms with E-state index in [0.29, 0.717) is 0 Å². The number of hydrogen-bond donors (Lipinski definition) is 1. The summed E-state index contributed by atoms with van der Waals surface area (Å²) in [6.45, 7) is 18.6. The van der Waals surface area contributed by atoms with E-state index in [1.807, 2.05) is 0 Å². The topological polar surface area (TPSA) is 15.3 Å². The maximum atomic E-state index is 3.95. The molecule has 2 aliphatic rings. The second-order valence-electron chi connectivity index (χ2n) is 21.5. The Balaban J connectivity index is 1.23. The Kier molecular flexibility index (Phi) is 10.4. The van der Waals surface area contributed by atoms with Crippen molar-refractivity contribution in [3.8, 4) is 55.6 Å². The molecule has 68 heavy (non-hydrogen) atoms. The van der Waals surface area contributed by atoms with E-state index in [2.05, 4.69) is 266 Å². The van der Waals surface area contributed by atoms with Gasteiger partial charge in [-0.1, -0.05) is 207 Å². The fourth-order valence-electron chi connectivity index (χ4n) is 10.9. The Hall–Kier alpha value is -7.42. The van der Waals surface area contributed by atoms with Crippen LogP contribution in [0.25, 0.3) is 55.6 Å². The highest BCUT2D eigenvalue weighted by atomic mass is 15.2. The van der Waals surface area contributed by atoms with Gasteiger partial charge in [0.2, 0.25) is 0 Å². The number of hydrogen-bond acceptors (Lipinski definition) is 2. The van der Waals surface area contributed by atoms with Gasteiger partial charge in [-0.25, -0.2) is 0 Å². The second kappa shape index (κ2) is 16.4. The van der Waals surface area contributed by atoms with E-state index in [1.165, 1.54) is 106 Å². The molecule has 334 valence electrons. The summed E-state index contributed by atoms with van der Waals surface area (Å²) in [5, 5.41) is 3.95. The SMILES string of the molecule is CC(C)(C)c1ccc(Nc2ccc(-c3ccccc3)cc2-c2cc(-c3ccccc3)cc3c2Cc2ccc4c(c2N3c2ccc(C(C)(C)C)cc2-c2ccccc2)C(C)(C)c2ccccc2-4)cc1. The Bertz CT molecular complexity index is 3350. The summed E-state index contributed by atoms with van der Waals surface area (Å²) >= 11 is 0. The third-order valence-corrected chi connectivity index (χ3v) is 14.6. The Labute approximate surface area is 404 Å². The van der Waals surface area contributed by atoms with Crippen molar-refractivity contribution in [3.63, 3.8) is 0 Å². The average Bonchev–Trinajstić information content (AvgIpc) is 3.59. The van der Waals surface area contributed by atoms with Gasteiger partial charge in [0.15, 0.2) is 0 Å². The molecular weight excluding hydrogens is 821 g/mol. The summed E-state index contributed by atoms with van der Waals surface area (Å²) in [4.78, 5) is 2.67. The normalized spacial score (nSPS) is 13.6. The van der Waals surface area contributed by atoms with Crippen LogP contribution in [0.4, 0.5) is 28.4 Å². The van der Waals surface area contributed by atoms with Gasteiger partial charge in [0.1, 0.15) is 0 Å². The highest BCUT2D eigenvalue weighted by Gasteiger charge is 2.42. The Morgan fingerprint density at radius 1 is 0.426 bits per heavy atom. The Morgan fingerprint density at radius 3 is 1.68 bits per heavy atom. The first-order valence-corrected chi connectivity index (χ1v) is 24.3. The zero-order valence-electron chi connectivity index (χ0n) is 40.7. The molecule has 1 aliphatic heterocycles. The predicted molar refractivity (Wildman–Crippen MR) is 290 cm³/mol. The van der Waals surface area contributed by atoms with Gasteiger partial charge in [-0.3, -0.25) is 0 Å². The van der Waals surface area contributed by atoms with Gasteiger partial charge in [-0.05, 0) is 137 Å². The molecule has 9 aromatic rings. The zero-order chi connectivity index (χ0) is 47.0. The minimum Gasteiger partial charge on any atom is -0.355 e. The van der Waals surface area contributed by atoms with E-state index < -0.39 is 0 Å². The number of nitrogens with zero attached hydrogens (tertiary/aromatic N) is 1. The molecule has 0 radical (unpaired) electrons. The van der Waals surface area contributed by atoms with Gasteiger partial charge < -0.3 is 10.2 Å². The molecule has 0 amide bonds. The number of fused-ring (bicyclic) bond motifs is 6. The molecule has 0 bridgehead atoms. The fraction of sp³-hybridized carbons (Fsp3) is 0.182. The van der Waals surface area contributed by atoms with Crippen LogP contribution >= 0.6 is 0 Å². The van der Waals surface area contributed by atoms with Crippen LogP contribution in [0, 0.1) is 0 Å². The summed E-state index contributed by atoms with van der Waals surface area (Å²) in [5.41, 5.74) is 25.8. The van der Waals surface area contributed by atoms with Crippen molar-refractivity contribution in [2.75, 3.05) is 10.2 Å². The predicted octanol–water partition coefficient (Wildman–Crippen LogP) is 18.4. The van der Waals surface area contributed by atoms with Gasteiger partial charge >= 0.3 is 0 Å². The first kappa shape index (κ1) is 43.2. The lowest BCUT2D eigenvalue weighted by Crippen LogP contribution is -2.26. The van der Waals surface area contributed by atoms with E-state index in [9.17, 15) is 0 Å². The highest BCUT2D eigenvalue weighted by molar-refractivity contribution is 6.01. The van der Waals surface area contributed by atoms with Crippen LogP contribution < -0.4 is 10.2 Å². The summed E-state index contributed by atoms with van der Waals surface area (Å²) in [7, 11) is 0. The number of rotatable bonds is 7. The van der Waals surface area contributed by atoms with Crippen LogP contribution in [0.1, 0.15) is 88.8 Å². The van der Waals surface area contributed by atoms with Crippen molar-refractivity contribution in [1.82, 2.24) is 0 Å². The van der Waals surface area contributed by atoms with Crippen molar-refractivity contribution in [2.24, 2.45) is 0 Å². The summed E-state index contributed by atoms with van der Waals surface area (Å²) < 4.78 is 0. The van der Waals surface area contributed by atoms with Crippen LogP contribution in [0.15, 0.2) is 200 Å². The molecule has 9 aromatic carbocycles. The molecule has 0 fully saturated rings. The van der Waals surface area contributed by atoms with Crippen molar-refractivity contribution in [1.29, 1.82) is 0 Å². The van der Waals surface area contributed by atoms with E-state index in [1.54, 1.807) is 0 Å². The molecular formula is C66H60N2. The van der Waals surface area contributed by atoms with Crippen molar-refractivity contribution in [3.05, 3.63) is 234 Å². The molecule has 0 spiro atoms. The summed E-state index contributed by atoms with van der Waals surface area (Å²) in [6, 6.07) is 74.9.